The van der Waals surface area contributed by atoms with Gasteiger partial charge in [-0.2, -0.15) is 0 Å². The van der Waals surface area contributed by atoms with Crippen molar-refractivity contribution in [2.45, 2.75) is 46.1 Å². The summed E-state index contributed by atoms with van der Waals surface area (Å²) < 4.78 is 1.43. The normalized spacial score (nSPS) is 21.5. The van der Waals surface area contributed by atoms with Gasteiger partial charge in [-0.15, -0.1) is 0 Å². The second-order valence-corrected chi connectivity index (χ2v) is 7.02. The van der Waals surface area contributed by atoms with E-state index in [4.69, 9.17) is 0 Å². The molecule has 1 aliphatic heterocycles. The Balaban J connectivity index is 1.89. The number of likely N-dealkylation sites (tertiary alicyclic amines) is 1. The van der Waals surface area contributed by atoms with Crippen molar-refractivity contribution in [1.29, 1.82) is 0 Å². The van der Waals surface area contributed by atoms with Crippen LogP contribution in [0, 0.1) is 12.8 Å². The Morgan fingerprint density at radius 3 is 2.58 bits per heavy atom. The lowest BCUT2D eigenvalue weighted by Gasteiger charge is -2.28. The highest BCUT2D eigenvalue weighted by Gasteiger charge is 2.27. The number of hydrogen-bond acceptors (Lipinski definition) is 2. The van der Waals surface area contributed by atoms with Crippen LogP contribution in [-0.2, 0) is 0 Å². The maximum Gasteiger partial charge on any atom is 0.272 e. The van der Waals surface area contributed by atoms with Crippen molar-refractivity contribution >= 4 is 5.91 Å². The summed E-state index contributed by atoms with van der Waals surface area (Å²) in [5, 5.41) is 2.98. The highest BCUT2D eigenvalue weighted by Crippen LogP contribution is 2.22. The molecule has 0 aliphatic carbocycles. The summed E-state index contributed by atoms with van der Waals surface area (Å²) in [7, 11) is 0. The Kier molecular flexibility index (Phi) is 4.60. The van der Waals surface area contributed by atoms with Crippen LogP contribution in [0.5, 0.6) is 0 Å². The van der Waals surface area contributed by atoms with E-state index in [1.165, 1.54) is 10.7 Å². The van der Waals surface area contributed by atoms with Crippen molar-refractivity contribution in [3.05, 3.63) is 51.9 Å². The summed E-state index contributed by atoms with van der Waals surface area (Å²) in [6.45, 7) is 7.01. The molecule has 24 heavy (non-hydrogen) atoms. The zero-order chi connectivity index (χ0) is 17.3. The highest BCUT2D eigenvalue weighted by molar-refractivity contribution is 5.92. The molecular weight excluding hydrogens is 302 g/mol. The number of rotatable bonds is 2. The Labute approximate surface area is 142 Å². The molecule has 1 aromatic carbocycles. The largest absolute Gasteiger partial charge is 0.334 e. The number of carbonyl (C=O) groups excluding carboxylic acids is 1. The van der Waals surface area contributed by atoms with E-state index in [0.717, 1.165) is 37.1 Å². The Hall–Kier alpha value is -2.30. The first-order valence-electron chi connectivity index (χ1n) is 8.66. The van der Waals surface area contributed by atoms with Crippen molar-refractivity contribution in [2.24, 2.45) is 5.92 Å². The summed E-state index contributed by atoms with van der Waals surface area (Å²) in [6.07, 6.45) is 3.31. The number of amides is 1. The first-order chi connectivity index (χ1) is 11.5. The third kappa shape index (κ3) is 3.30. The molecule has 0 bridgehead atoms. The third-order valence-electron chi connectivity index (χ3n) is 4.86. The molecule has 5 heteroatoms. The number of aryl methyl sites for hydroxylation is 1. The molecule has 1 amide bonds. The van der Waals surface area contributed by atoms with Crippen LogP contribution in [0.1, 0.15) is 49.2 Å². The number of nitrogens with one attached hydrogen (secondary N) is 1. The predicted octanol–water partition coefficient (Wildman–Crippen LogP) is 3.12. The van der Waals surface area contributed by atoms with E-state index in [1.807, 2.05) is 36.1 Å². The van der Waals surface area contributed by atoms with Gasteiger partial charge in [0.15, 0.2) is 0 Å². The number of H-pyrrole nitrogens is 1. The molecule has 128 valence electrons. The Bertz CT molecular complexity index is 773. The molecule has 2 aromatic rings. The van der Waals surface area contributed by atoms with Crippen LogP contribution in [-0.4, -0.2) is 33.2 Å². The van der Waals surface area contributed by atoms with E-state index < -0.39 is 0 Å². The molecule has 1 N–H and O–H groups in total. The van der Waals surface area contributed by atoms with Gasteiger partial charge in [0.2, 0.25) is 0 Å². The number of hydrogen-bond donors (Lipinski definition) is 1. The van der Waals surface area contributed by atoms with Crippen molar-refractivity contribution in [1.82, 2.24) is 14.7 Å². The lowest BCUT2D eigenvalue weighted by Crippen LogP contribution is -2.40. The van der Waals surface area contributed by atoms with Crippen LogP contribution < -0.4 is 5.56 Å². The van der Waals surface area contributed by atoms with Crippen molar-refractivity contribution < 1.29 is 4.79 Å². The second kappa shape index (κ2) is 6.67. The molecule has 1 saturated heterocycles. The van der Waals surface area contributed by atoms with Crippen molar-refractivity contribution in [3.63, 3.8) is 0 Å². The Morgan fingerprint density at radius 2 is 1.88 bits per heavy atom. The first-order valence-corrected chi connectivity index (χ1v) is 8.66. The maximum atomic E-state index is 12.9. The minimum atomic E-state index is -0.210. The van der Waals surface area contributed by atoms with Crippen LogP contribution in [0.4, 0.5) is 0 Å². The van der Waals surface area contributed by atoms with Gasteiger partial charge >= 0.3 is 0 Å². The van der Waals surface area contributed by atoms with E-state index in [2.05, 4.69) is 18.9 Å². The SMILES string of the molecule is Cc1ccc(-n2[nH]c(C(=O)N3C[C@H](C)CCC[C@@H]3C)cc2=O)cc1. The molecule has 0 unspecified atom stereocenters. The van der Waals surface area contributed by atoms with E-state index in [0.29, 0.717) is 11.6 Å². The molecule has 2 heterocycles. The zero-order valence-corrected chi connectivity index (χ0v) is 14.6. The molecule has 1 aromatic heterocycles. The number of nitrogens with zero attached hydrogens (tertiary/aromatic N) is 2. The van der Waals surface area contributed by atoms with Crippen LogP contribution in [0.2, 0.25) is 0 Å². The molecule has 0 radical (unpaired) electrons. The van der Waals surface area contributed by atoms with Gasteiger partial charge in [0.05, 0.1) is 5.69 Å². The monoisotopic (exact) mass is 327 g/mol. The zero-order valence-electron chi connectivity index (χ0n) is 14.6. The summed E-state index contributed by atoms with van der Waals surface area (Å²) >= 11 is 0. The van der Waals surface area contributed by atoms with Crippen LogP contribution in [0.15, 0.2) is 35.1 Å². The summed E-state index contributed by atoms with van der Waals surface area (Å²) in [5.74, 6) is 0.406. The summed E-state index contributed by atoms with van der Waals surface area (Å²) in [5.41, 5.74) is 2.02. The molecule has 1 aliphatic rings. The van der Waals surface area contributed by atoms with Gasteiger partial charge in [0, 0.05) is 18.7 Å². The minimum absolute atomic E-state index is 0.0841. The van der Waals surface area contributed by atoms with E-state index in [-0.39, 0.29) is 17.5 Å². The number of aromatic nitrogens is 2. The molecular formula is C19H25N3O2. The lowest BCUT2D eigenvalue weighted by molar-refractivity contribution is 0.0671. The highest BCUT2D eigenvalue weighted by atomic mass is 16.2. The van der Waals surface area contributed by atoms with Gasteiger partial charge in [-0.05, 0) is 44.7 Å². The van der Waals surface area contributed by atoms with Crippen molar-refractivity contribution in [3.8, 4) is 5.69 Å². The smallest absolute Gasteiger partial charge is 0.272 e. The number of carbonyl (C=O) groups is 1. The van der Waals surface area contributed by atoms with Crippen LogP contribution in [0.25, 0.3) is 5.69 Å². The quantitative estimate of drug-likeness (QED) is 0.921. The van der Waals surface area contributed by atoms with Crippen LogP contribution >= 0.6 is 0 Å². The third-order valence-corrected chi connectivity index (χ3v) is 4.86. The predicted molar refractivity (Wildman–Crippen MR) is 94.6 cm³/mol. The molecule has 5 nitrogen and oxygen atoms in total. The first kappa shape index (κ1) is 16.6. The molecule has 0 saturated carbocycles. The van der Waals surface area contributed by atoms with Crippen LogP contribution in [0.3, 0.4) is 0 Å². The topological polar surface area (TPSA) is 58.1 Å². The fraction of sp³-hybridized carbons (Fsp3) is 0.474. The van der Waals surface area contributed by atoms with Gasteiger partial charge in [-0.25, -0.2) is 4.68 Å². The molecule has 2 atom stereocenters. The summed E-state index contributed by atoms with van der Waals surface area (Å²) in [6, 6.07) is 9.25. The minimum Gasteiger partial charge on any atom is -0.334 e. The van der Waals surface area contributed by atoms with E-state index >= 15 is 0 Å². The van der Waals surface area contributed by atoms with Gasteiger partial charge < -0.3 is 4.90 Å². The van der Waals surface area contributed by atoms with Gasteiger partial charge in [-0.1, -0.05) is 31.0 Å². The van der Waals surface area contributed by atoms with Gasteiger partial charge in [0.1, 0.15) is 5.69 Å². The fourth-order valence-corrected chi connectivity index (χ4v) is 3.35. The molecule has 1 fully saturated rings. The average molecular weight is 327 g/mol. The van der Waals surface area contributed by atoms with Crippen molar-refractivity contribution in [2.75, 3.05) is 6.54 Å². The maximum absolute atomic E-state index is 12.9. The lowest BCUT2D eigenvalue weighted by atomic mass is 10.1. The van der Waals surface area contributed by atoms with E-state index in [9.17, 15) is 9.59 Å². The Morgan fingerprint density at radius 1 is 1.17 bits per heavy atom. The van der Waals surface area contributed by atoms with Gasteiger partial charge in [-0.3, -0.25) is 14.7 Å². The van der Waals surface area contributed by atoms with E-state index in [1.54, 1.807) is 0 Å². The van der Waals surface area contributed by atoms with Gasteiger partial charge in [0.25, 0.3) is 11.5 Å². The standard InChI is InChI=1S/C19H25N3O2/c1-13-7-9-16(10-8-13)22-18(23)11-17(20-22)19(24)21-12-14(2)5-4-6-15(21)3/h7-11,14-15,20H,4-6,12H2,1-3H3/t14-,15+/m1/s1. The second-order valence-electron chi connectivity index (χ2n) is 7.02. The molecule has 0 spiro atoms. The number of benzene rings is 1. The number of aromatic amines is 1. The fourth-order valence-electron chi connectivity index (χ4n) is 3.35. The molecule has 3 rings (SSSR count). The average Bonchev–Trinajstić information content (AvgIpc) is 2.85. The summed E-state index contributed by atoms with van der Waals surface area (Å²) in [4.78, 5) is 27.1.